The van der Waals surface area contributed by atoms with E-state index in [-0.39, 0.29) is 5.69 Å². The second-order valence-corrected chi connectivity index (χ2v) is 7.04. The van der Waals surface area contributed by atoms with Gasteiger partial charge < -0.3 is 0 Å². The molecule has 0 N–H and O–H groups in total. The maximum atomic E-state index is 12.0. The maximum absolute atomic E-state index is 12.0. The monoisotopic (exact) mass is 377 g/mol. The second-order valence-electron chi connectivity index (χ2n) is 5.98. The lowest BCUT2D eigenvalue weighted by atomic mass is 10.1. The van der Waals surface area contributed by atoms with E-state index in [4.69, 9.17) is 0 Å². The Balaban J connectivity index is 2.00. The third-order valence-electron chi connectivity index (χ3n) is 4.39. The summed E-state index contributed by atoms with van der Waals surface area (Å²) in [7, 11) is 0. The molecule has 0 radical (unpaired) electrons. The highest BCUT2D eigenvalue weighted by Gasteiger charge is 2.22. The van der Waals surface area contributed by atoms with Crippen LogP contribution in [0.3, 0.4) is 0 Å². The van der Waals surface area contributed by atoms with Crippen LogP contribution in [0.2, 0.25) is 0 Å². The minimum Gasteiger partial charge on any atom is -0.296 e. The quantitative estimate of drug-likeness (QED) is 0.278. The van der Waals surface area contributed by atoms with Crippen molar-refractivity contribution in [2.24, 2.45) is 0 Å². The molecule has 0 aliphatic carbocycles. The van der Waals surface area contributed by atoms with Gasteiger partial charge in [-0.3, -0.25) is 19.3 Å². The average Bonchev–Trinajstić information content (AvgIpc) is 3.24. The van der Waals surface area contributed by atoms with Gasteiger partial charge >= 0.3 is 0 Å². The Morgan fingerprint density at radius 1 is 1.15 bits per heavy atom. The fourth-order valence-corrected chi connectivity index (χ4v) is 4.28. The van der Waals surface area contributed by atoms with Crippen molar-refractivity contribution in [3.8, 4) is 22.5 Å². The SMILES string of the molecule is CCc1sc2nc(-c3cccc([N+](=O)[O-])c3)c(C=O)n2c1-c1ccccc1. The molecule has 2 aromatic heterocycles. The highest BCUT2D eigenvalue weighted by atomic mass is 32.1. The Kier molecular flexibility index (Phi) is 4.29. The molecule has 0 atom stereocenters. The number of nitro groups is 1. The molecule has 0 aliphatic heterocycles. The zero-order valence-electron chi connectivity index (χ0n) is 14.5. The van der Waals surface area contributed by atoms with Crippen LogP contribution < -0.4 is 0 Å². The lowest BCUT2D eigenvalue weighted by molar-refractivity contribution is -0.384. The van der Waals surface area contributed by atoms with Crippen molar-refractivity contribution in [3.63, 3.8) is 0 Å². The zero-order valence-corrected chi connectivity index (χ0v) is 15.3. The first-order valence-corrected chi connectivity index (χ1v) is 9.25. The van der Waals surface area contributed by atoms with Crippen LogP contribution in [0.4, 0.5) is 5.69 Å². The van der Waals surface area contributed by atoms with Crippen molar-refractivity contribution < 1.29 is 9.72 Å². The zero-order chi connectivity index (χ0) is 19.0. The third kappa shape index (κ3) is 2.82. The first-order chi connectivity index (χ1) is 13.1. The van der Waals surface area contributed by atoms with Crippen molar-refractivity contribution in [1.82, 2.24) is 9.38 Å². The molecule has 0 saturated carbocycles. The molecule has 0 amide bonds. The number of carbonyl (C=O) groups excluding carboxylic acids is 1. The van der Waals surface area contributed by atoms with Gasteiger partial charge in [-0.2, -0.15) is 0 Å². The maximum Gasteiger partial charge on any atom is 0.270 e. The molecule has 6 nitrogen and oxygen atoms in total. The molecular weight excluding hydrogens is 362 g/mol. The number of aryl methyl sites for hydroxylation is 1. The van der Waals surface area contributed by atoms with E-state index >= 15 is 0 Å². The number of nitrogens with zero attached hydrogens (tertiary/aromatic N) is 3. The number of carbonyl (C=O) groups is 1. The number of nitro benzene ring substituents is 1. The van der Waals surface area contributed by atoms with Crippen LogP contribution in [0.5, 0.6) is 0 Å². The van der Waals surface area contributed by atoms with E-state index in [2.05, 4.69) is 11.9 Å². The predicted molar refractivity (Wildman–Crippen MR) is 105 cm³/mol. The number of benzene rings is 2. The molecule has 4 aromatic rings. The van der Waals surface area contributed by atoms with Crippen molar-refractivity contribution in [2.45, 2.75) is 13.3 Å². The first-order valence-electron chi connectivity index (χ1n) is 8.43. The number of thiazole rings is 1. The van der Waals surface area contributed by atoms with Gasteiger partial charge in [0.05, 0.1) is 10.6 Å². The van der Waals surface area contributed by atoms with Crippen molar-refractivity contribution >= 4 is 28.3 Å². The van der Waals surface area contributed by atoms with Gasteiger partial charge in [-0.1, -0.05) is 49.4 Å². The molecule has 2 aromatic carbocycles. The number of hydrogen-bond acceptors (Lipinski definition) is 5. The molecule has 0 fully saturated rings. The van der Waals surface area contributed by atoms with Crippen LogP contribution in [0, 0.1) is 10.1 Å². The Labute approximate surface area is 158 Å². The smallest absolute Gasteiger partial charge is 0.270 e. The number of hydrogen-bond donors (Lipinski definition) is 0. The molecule has 0 aliphatic rings. The van der Waals surface area contributed by atoms with Crippen molar-refractivity contribution in [1.29, 1.82) is 0 Å². The number of aromatic nitrogens is 2. The van der Waals surface area contributed by atoms with Gasteiger partial charge in [-0.25, -0.2) is 4.98 Å². The minimum atomic E-state index is -0.451. The van der Waals surface area contributed by atoms with Crippen molar-refractivity contribution in [2.75, 3.05) is 0 Å². The fourth-order valence-electron chi connectivity index (χ4n) is 3.19. The minimum absolute atomic E-state index is 0.0294. The Morgan fingerprint density at radius 2 is 1.89 bits per heavy atom. The van der Waals surface area contributed by atoms with E-state index in [1.165, 1.54) is 23.5 Å². The van der Waals surface area contributed by atoms with Crippen LogP contribution in [0.1, 0.15) is 22.3 Å². The van der Waals surface area contributed by atoms with Gasteiger partial charge in [0, 0.05) is 22.6 Å². The number of fused-ring (bicyclic) bond motifs is 1. The molecule has 0 unspecified atom stereocenters. The topological polar surface area (TPSA) is 77.5 Å². The molecule has 27 heavy (non-hydrogen) atoms. The molecule has 2 heterocycles. The van der Waals surface area contributed by atoms with Crippen molar-refractivity contribution in [3.05, 3.63) is 75.3 Å². The molecule has 4 rings (SSSR count). The number of aldehydes is 1. The number of rotatable bonds is 5. The summed E-state index contributed by atoms with van der Waals surface area (Å²) in [6.45, 7) is 2.07. The summed E-state index contributed by atoms with van der Waals surface area (Å²) >= 11 is 1.53. The molecule has 134 valence electrons. The van der Waals surface area contributed by atoms with Gasteiger partial charge in [0.2, 0.25) is 0 Å². The van der Waals surface area contributed by atoms with Gasteiger partial charge in [-0.05, 0) is 12.0 Å². The van der Waals surface area contributed by atoms with Gasteiger partial charge in [0.1, 0.15) is 11.4 Å². The predicted octanol–water partition coefficient (Wildman–Crippen LogP) is 5.01. The molecule has 7 heteroatoms. The van der Waals surface area contributed by atoms with Crippen LogP contribution in [-0.4, -0.2) is 20.6 Å². The van der Waals surface area contributed by atoms with Crippen LogP contribution in [0.15, 0.2) is 54.6 Å². The van der Waals surface area contributed by atoms with E-state index in [0.29, 0.717) is 21.9 Å². The van der Waals surface area contributed by atoms with Crippen LogP contribution in [0.25, 0.3) is 27.5 Å². The van der Waals surface area contributed by atoms with Crippen LogP contribution >= 0.6 is 11.3 Å². The summed E-state index contributed by atoms with van der Waals surface area (Å²) in [6, 6.07) is 16.1. The highest BCUT2D eigenvalue weighted by molar-refractivity contribution is 7.17. The summed E-state index contributed by atoms with van der Waals surface area (Å²) in [5, 5.41) is 11.1. The third-order valence-corrected chi connectivity index (χ3v) is 5.58. The van der Waals surface area contributed by atoms with E-state index in [1.807, 2.05) is 34.7 Å². The standard InChI is InChI=1S/C20H15N3O3S/c1-2-17-19(13-7-4-3-5-8-13)22-16(12-24)18(21-20(22)27-17)14-9-6-10-15(11-14)23(25)26/h3-12H,2H2,1H3. The normalized spacial score (nSPS) is 11.0. The van der Waals surface area contributed by atoms with Crippen LogP contribution in [-0.2, 0) is 6.42 Å². The number of imidazole rings is 1. The van der Waals surface area contributed by atoms with Gasteiger partial charge in [0.15, 0.2) is 11.2 Å². The summed E-state index contributed by atoms with van der Waals surface area (Å²) in [5.74, 6) is 0. The first kappa shape index (κ1) is 17.1. The van der Waals surface area contributed by atoms with E-state index in [9.17, 15) is 14.9 Å². The molecule has 0 saturated heterocycles. The fraction of sp³-hybridized carbons (Fsp3) is 0.100. The lowest BCUT2D eigenvalue weighted by Gasteiger charge is -2.05. The molecule has 0 spiro atoms. The summed E-state index contributed by atoms with van der Waals surface area (Å²) in [5.41, 5.74) is 3.34. The highest BCUT2D eigenvalue weighted by Crippen LogP contribution is 2.36. The van der Waals surface area contributed by atoms with E-state index < -0.39 is 4.92 Å². The summed E-state index contributed by atoms with van der Waals surface area (Å²) in [4.78, 5) is 29.1. The summed E-state index contributed by atoms with van der Waals surface area (Å²) < 4.78 is 1.86. The lowest BCUT2D eigenvalue weighted by Crippen LogP contribution is -1.96. The molecular formula is C20H15N3O3S. The Hall–Kier alpha value is -3.32. The van der Waals surface area contributed by atoms with Gasteiger partial charge in [-0.15, -0.1) is 11.3 Å². The van der Waals surface area contributed by atoms with Gasteiger partial charge in [0.25, 0.3) is 5.69 Å². The average molecular weight is 377 g/mol. The summed E-state index contributed by atoms with van der Waals surface area (Å²) in [6.07, 6.45) is 1.59. The largest absolute Gasteiger partial charge is 0.296 e. The van der Waals surface area contributed by atoms with E-state index in [1.54, 1.807) is 12.1 Å². The second kappa shape index (κ2) is 6.77. The molecule has 0 bridgehead atoms. The number of non-ortho nitro benzene ring substituents is 1. The Morgan fingerprint density at radius 3 is 2.56 bits per heavy atom. The van der Waals surface area contributed by atoms with E-state index in [0.717, 1.165) is 28.8 Å². The Bertz CT molecular complexity index is 1160.